The van der Waals surface area contributed by atoms with E-state index in [4.69, 9.17) is 35.9 Å². The molecule has 1 atom stereocenters. The molecule has 0 radical (unpaired) electrons. The van der Waals surface area contributed by atoms with Crippen LogP contribution in [0.2, 0.25) is 5.02 Å². The Hall–Kier alpha value is -2.61. The molecule has 1 unspecified atom stereocenters. The predicted octanol–water partition coefficient (Wildman–Crippen LogP) is 4.60. The quantitative estimate of drug-likeness (QED) is 0.528. The minimum absolute atomic E-state index is 0.191. The lowest BCUT2D eigenvalue weighted by molar-refractivity contribution is 0.117. The first-order valence-corrected chi connectivity index (χ1v) is 11.5. The maximum absolute atomic E-state index is 6.08. The van der Waals surface area contributed by atoms with Crippen molar-refractivity contribution in [3.63, 3.8) is 0 Å². The number of hydrogen-bond donors (Lipinski definition) is 0. The second-order valence-corrected chi connectivity index (χ2v) is 8.62. The summed E-state index contributed by atoms with van der Waals surface area (Å²) in [6.45, 7) is 2.59. The molecule has 0 spiro atoms. The number of fused-ring (bicyclic) bond motifs is 1. The molecule has 160 valence electrons. The molecule has 8 heteroatoms. The summed E-state index contributed by atoms with van der Waals surface area (Å²) in [5, 5.41) is 7.54. The average Bonchev–Trinajstić information content (AvgIpc) is 3.46. The molecule has 3 heterocycles. The van der Waals surface area contributed by atoms with E-state index < -0.39 is 0 Å². The van der Waals surface area contributed by atoms with Crippen LogP contribution in [0.5, 0.6) is 11.5 Å². The molecule has 0 N–H and O–H groups in total. The average molecular weight is 456 g/mol. The fourth-order valence-electron chi connectivity index (χ4n) is 3.57. The summed E-state index contributed by atoms with van der Waals surface area (Å²) in [6.07, 6.45) is 4.16. The molecule has 2 aliphatic rings. The van der Waals surface area contributed by atoms with Gasteiger partial charge in [-0.05, 0) is 48.7 Å². The topological polar surface area (TPSA) is 57.3 Å². The van der Waals surface area contributed by atoms with E-state index in [1.807, 2.05) is 53.4 Å². The second kappa shape index (κ2) is 9.26. The maximum Gasteiger partial charge on any atom is 0.206 e. The number of halogens is 1. The maximum atomic E-state index is 6.08. The Balaban J connectivity index is 1.49. The largest absolute Gasteiger partial charge is 0.486 e. The number of nitrogens with zero attached hydrogens (tertiary/aromatic N) is 3. The molecule has 2 aliphatic heterocycles. The summed E-state index contributed by atoms with van der Waals surface area (Å²) in [7, 11) is 0. The van der Waals surface area contributed by atoms with Gasteiger partial charge in [-0.2, -0.15) is 5.10 Å². The molecule has 3 aromatic rings. The predicted molar refractivity (Wildman–Crippen MR) is 123 cm³/mol. The van der Waals surface area contributed by atoms with Gasteiger partial charge in [0.05, 0.1) is 24.6 Å². The fourth-order valence-corrected chi connectivity index (χ4v) is 4.54. The molecule has 6 nitrogen and oxygen atoms in total. The van der Waals surface area contributed by atoms with Gasteiger partial charge in [0.15, 0.2) is 11.5 Å². The van der Waals surface area contributed by atoms with E-state index in [-0.39, 0.29) is 6.10 Å². The summed E-state index contributed by atoms with van der Waals surface area (Å²) in [5.41, 5.74) is 2.91. The van der Waals surface area contributed by atoms with E-state index in [0.717, 1.165) is 52.6 Å². The first kappa shape index (κ1) is 20.3. The Morgan fingerprint density at radius 1 is 1.06 bits per heavy atom. The van der Waals surface area contributed by atoms with Crippen molar-refractivity contribution in [1.82, 2.24) is 4.68 Å². The van der Waals surface area contributed by atoms with Crippen LogP contribution in [0.25, 0.3) is 11.3 Å². The van der Waals surface area contributed by atoms with Crippen molar-refractivity contribution in [3.05, 3.63) is 63.2 Å². The summed E-state index contributed by atoms with van der Waals surface area (Å²) < 4.78 is 18.9. The van der Waals surface area contributed by atoms with Gasteiger partial charge in [0.25, 0.3) is 0 Å². The van der Waals surface area contributed by atoms with Gasteiger partial charge < -0.3 is 14.2 Å². The third-order valence-corrected chi connectivity index (χ3v) is 6.27. The molecule has 31 heavy (non-hydrogen) atoms. The van der Waals surface area contributed by atoms with Crippen LogP contribution in [0.1, 0.15) is 18.4 Å². The van der Waals surface area contributed by atoms with Crippen LogP contribution in [-0.4, -0.2) is 43.4 Å². The molecule has 0 bridgehead atoms. The van der Waals surface area contributed by atoms with Crippen LogP contribution in [-0.2, 0) is 4.74 Å². The standard InChI is InChI=1S/C23H22ClN3O3S/c24-18-6-4-17(5-7-18)20-15-31-23(25-14-19-2-1-9-28-19)27(20)26-13-16-3-8-21-22(12-16)30-11-10-29-21/h3-8,12-13,15,19H,1-2,9-11,14H2. The number of benzene rings is 2. The van der Waals surface area contributed by atoms with E-state index in [0.29, 0.717) is 24.8 Å². The van der Waals surface area contributed by atoms with Gasteiger partial charge in [-0.25, -0.2) is 4.68 Å². The lowest BCUT2D eigenvalue weighted by atomic mass is 10.2. The van der Waals surface area contributed by atoms with Crippen molar-refractivity contribution in [1.29, 1.82) is 0 Å². The number of rotatable bonds is 5. The van der Waals surface area contributed by atoms with Gasteiger partial charge in [0.1, 0.15) is 13.2 Å². The monoisotopic (exact) mass is 455 g/mol. The van der Waals surface area contributed by atoms with E-state index in [1.165, 1.54) is 0 Å². The zero-order chi connectivity index (χ0) is 21.0. The van der Waals surface area contributed by atoms with E-state index in [2.05, 4.69) is 5.38 Å². The van der Waals surface area contributed by atoms with Crippen LogP contribution in [0.4, 0.5) is 0 Å². The first-order valence-electron chi connectivity index (χ1n) is 10.3. The number of thiazole rings is 1. The van der Waals surface area contributed by atoms with Gasteiger partial charge in [0.2, 0.25) is 4.80 Å². The highest BCUT2D eigenvalue weighted by atomic mass is 35.5. The molecule has 1 aromatic heterocycles. The molecular formula is C23H22ClN3O3S. The molecule has 0 saturated carbocycles. The minimum Gasteiger partial charge on any atom is -0.486 e. The van der Waals surface area contributed by atoms with Crippen LogP contribution >= 0.6 is 22.9 Å². The normalized spacial score (nSPS) is 18.7. The van der Waals surface area contributed by atoms with Crippen molar-refractivity contribution < 1.29 is 14.2 Å². The van der Waals surface area contributed by atoms with Gasteiger partial charge in [-0.1, -0.05) is 23.7 Å². The van der Waals surface area contributed by atoms with Crippen LogP contribution in [0.3, 0.4) is 0 Å². The lowest BCUT2D eigenvalue weighted by Crippen LogP contribution is -2.17. The Kier molecular flexibility index (Phi) is 6.06. The Labute approximate surface area is 189 Å². The third kappa shape index (κ3) is 4.69. The third-order valence-electron chi connectivity index (χ3n) is 5.17. The second-order valence-electron chi connectivity index (χ2n) is 7.35. The van der Waals surface area contributed by atoms with Gasteiger partial charge in [-0.15, -0.1) is 11.3 Å². The van der Waals surface area contributed by atoms with Crippen LogP contribution < -0.4 is 14.3 Å². The zero-order valence-electron chi connectivity index (χ0n) is 16.9. The molecule has 0 amide bonds. The van der Waals surface area contributed by atoms with Gasteiger partial charge >= 0.3 is 0 Å². The zero-order valence-corrected chi connectivity index (χ0v) is 18.4. The number of ether oxygens (including phenoxy) is 3. The van der Waals surface area contributed by atoms with Crippen molar-refractivity contribution in [3.8, 4) is 22.8 Å². The molecule has 0 aliphatic carbocycles. The minimum atomic E-state index is 0.191. The molecular weight excluding hydrogens is 434 g/mol. The molecule has 1 fully saturated rings. The van der Waals surface area contributed by atoms with Crippen LogP contribution in [0, 0.1) is 0 Å². The Morgan fingerprint density at radius 2 is 1.90 bits per heavy atom. The summed E-state index contributed by atoms with van der Waals surface area (Å²) in [6, 6.07) is 13.6. The lowest BCUT2D eigenvalue weighted by Gasteiger charge is -2.18. The summed E-state index contributed by atoms with van der Waals surface area (Å²) >= 11 is 7.64. The van der Waals surface area contributed by atoms with Crippen molar-refractivity contribution >= 4 is 29.2 Å². The number of hydrogen-bond acceptors (Lipinski definition) is 6. The van der Waals surface area contributed by atoms with Crippen molar-refractivity contribution in [2.45, 2.75) is 18.9 Å². The smallest absolute Gasteiger partial charge is 0.206 e. The summed E-state index contributed by atoms with van der Waals surface area (Å²) in [4.78, 5) is 5.63. The van der Waals surface area contributed by atoms with Gasteiger partial charge in [-0.3, -0.25) is 4.99 Å². The van der Waals surface area contributed by atoms with Crippen molar-refractivity contribution in [2.24, 2.45) is 10.1 Å². The van der Waals surface area contributed by atoms with E-state index >= 15 is 0 Å². The van der Waals surface area contributed by atoms with Crippen molar-refractivity contribution in [2.75, 3.05) is 26.4 Å². The molecule has 1 saturated heterocycles. The highest BCUT2D eigenvalue weighted by Crippen LogP contribution is 2.30. The fraction of sp³-hybridized carbons (Fsp3) is 0.304. The molecule has 5 rings (SSSR count). The highest BCUT2D eigenvalue weighted by molar-refractivity contribution is 7.07. The van der Waals surface area contributed by atoms with E-state index in [1.54, 1.807) is 11.3 Å². The SMILES string of the molecule is Clc1ccc(-c2csc(=NCC3CCCO3)n2N=Cc2ccc3c(c2)OCCO3)cc1. The van der Waals surface area contributed by atoms with E-state index in [9.17, 15) is 0 Å². The molecule has 2 aromatic carbocycles. The first-order chi connectivity index (χ1) is 15.3. The number of aromatic nitrogens is 1. The highest BCUT2D eigenvalue weighted by Gasteiger charge is 2.15. The Morgan fingerprint density at radius 3 is 2.71 bits per heavy atom. The van der Waals surface area contributed by atoms with Gasteiger partial charge in [0, 0.05) is 22.6 Å². The Bertz CT molecular complexity index is 1150. The van der Waals surface area contributed by atoms with Crippen LogP contribution in [0.15, 0.2) is 57.9 Å². The summed E-state index contributed by atoms with van der Waals surface area (Å²) in [5.74, 6) is 1.51.